The normalized spacial score (nSPS) is 13.8. The van der Waals surface area contributed by atoms with Gasteiger partial charge in [-0.2, -0.15) is 0 Å². The van der Waals surface area contributed by atoms with Gasteiger partial charge in [0.15, 0.2) is 23.1 Å². The summed E-state index contributed by atoms with van der Waals surface area (Å²) >= 11 is 0. The number of furan rings is 1. The first-order valence-corrected chi connectivity index (χ1v) is 9.58. The summed E-state index contributed by atoms with van der Waals surface area (Å²) < 4.78 is 15.8. The number of carbonyl (C=O) groups is 1. The molecule has 2 aromatic heterocycles. The summed E-state index contributed by atoms with van der Waals surface area (Å²) in [7, 11) is 3.14. The fourth-order valence-electron chi connectivity index (χ4n) is 3.30. The Bertz CT molecular complexity index is 983. The van der Waals surface area contributed by atoms with Crippen molar-refractivity contribution in [3.63, 3.8) is 0 Å². The molecule has 4 rings (SSSR count). The van der Waals surface area contributed by atoms with E-state index in [0.29, 0.717) is 54.8 Å². The molecule has 9 nitrogen and oxygen atoms in total. The zero-order valence-corrected chi connectivity index (χ0v) is 16.9. The number of aromatic nitrogens is 2. The quantitative estimate of drug-likeness (QED) is 0.692. The predicted octanol–water partition coefficient (Wildman–Crippen LogP) is 3.11. The van der Waals surface area contributed by atoms with E-state index < -0.39 is 0 Å². The maximum Gasteiger partial charge on any atom is 0.321 e. The van der Waals surface area contributed by atoms with E-state index in [1.54, 1.807) is 43.6 Å². The summed E-state index contributed by atoms with van der Waals surface area (Å²) in [5.74, 6) is 2.65. The first-order chi connectivity index (χ1) is 14.7. The number of hydrogen-bond acceptors (Lipinski definition) is 7. The number of methoxy groups -OCH3 is 2. The number of urea groups is 1. The molecule has 9 heteroatoms. The number of nitrogens with zero attached hydrogens (tertiary/aromatic N) is 4. The number of benzene rings is 1. The van der Waals surface area contributed by atoms with Crippen LogP contribution in [-0.4, -0.2) is 61.5 Å². The minimum atomic E-state index is -0.152. The zero-order chi connectivity index (χ0) is 20.9. The molecule has 1 aliphatic heterocycles. The summed E-state index contributed by atoms with van der Waals surface area (Å²) in [6, 6.07) is 12.6. The smallest absolute Gasteiger partial charge is 0.321 e. The van der Waals surface area contributed by atoms with Crippen molar-refractivity contribution >= 4 is 17.5 Å². The second-order valence-electron chi connectivity index (χ2n) is 6.73. The van der Waals surface area contributed by atoms with Crippen molar-refractivity contribution in [1.82, 2.24) is 15.1 Å². The number of nitrogens with one attached hydrogen (secondary N) is 1. The fraction of sp³-hybridized carbons (Fsp3) is 0.286. The first kappa shape index (κ1) is 19.6. The van der Waals surface area contributed by atoms with Gasteiger partial charge in [-0.3, -0.25) is 0 Å². The standard InChI is InChI=1S/C21H23N5O4/c1-28-18-7-5-15(14-19(18)29-2)22-21(27)26-11-9-25(10-12-26)20-8-6-16(23-24-20)17-4-3-13-30-17/h3-8,13-14H,9-12H2,1-2H3,(H,22,27). The van der Waals surface area contributed by atoms with E-state index in [-0.39, 0.29) is 6.03 Å². The van der Waals surface area contributed by atoms with Crippen LogP contribution in [0.1, 0.15) is 0 Å². The molecule has 0 bridgehead atoms. The second kappa shape index (κ2) is 8.73. The molecular weight excluding hydrogens is 386 g/mol. The molecule has 3 heterocycles. The van der Waals surface area contributed by atoms with Gasteiger partial charge < -0.3 is 29.0 Å². The van der Waals surface area contributed by atoms with Crippen molar-refractivity contribution in [3.05, 3.63) is 48.7 Å². The van der Waals surface area contributed by atoms with Gasteiger partial charge in [0.1, 0.15) is 5.69 Å². The number of amides is 2. The van der Waals surface area contributed by atoms with E-state index in [2.05, 4.69) is 20.4 Å². The van der Waals surface area contributed by atoms with Gasteiger partial charge in [-0.1, -0.05) is 0 Å². The average molecular weight is 409 g/mol. The number of piperazine rings is 1. The second-order valence-corrected chi connectivity index (χ2v) is 6.73. The Morgan fingerprint density at radius 3 is 2.43 bits per heavy atom. The van der Waals surface area contributed by atoms with Gasteiger partial charge in [-0.05, 0) is 36.4 Å². The van der Waals surface area contributed by atoms with Gasteiger partial charge in [0.25, 0.3) is 0 Å². The highest BCUT2D eigenvalue weighted by Gasteiger charge is 2.22. The Hall–Kier alpha value is -3.75. The van der Waals surface area contributed by atoms with Gasteiger partial charge in [0, 0.05) is 37.9 Å². The van der Waals surface area contributed by atoms with Crippen molar-refractivity contribution in [2.24, 2.45) is 0 Å². The molecule has 0 atom stereocenters. The summed E-state index contributed by atoms with van der Waals surface area (Å²) in [6.07, 6.45) is 1.61. The van der Waals surface area contributed by atoms with Crippen molar-refractivity contribution in [2.75, 3.05) is 50.6 Å². The van der Waals surface area contributed by atoms with Crippen LogP contribution in [0.2, 0.25) is 0 Å². The fourth-order valence-corrected chi connectivity index (χ4v) is 3.30. The molecule has 0 radical (unpaired) electrons. The Morgan fingerprint density at radius 2 is 1.80 bits per heavy atom. The Morgan fingerprint density at radius 1 is 1.00 bits per heavy atom. The van der Waals surface area contributed by atoms with Crippen LogP contribution in [0.4, 0.5) is 16.3 Å². The summed E-state index contributed by atoms with van der Waals surface area (Å²) in [6.45, 7) is 2.52. The molecule has 1 fully saturated rings. The Labute approximate surface area is 174 Å². The van der Waals surface area contributed by atoms with Gasteiger partial charge in [0.05, 0.1) is 20.5 Å². The number of carbonyl (C=O) groups excluding carboxylic acids is 1. The molecule has 1 N–H and O–H groups in total. The van der Waals surface area contributed by atoms with Crippen molar-refractivity contribution in [3.8, 4) is 23.0 Å². The molecule has 156 valence electrons. The molecule has 1 saturated heterocycles. The van der Waals surface area contributed by atoms with Crippen LogP contribution in [0.25, 0.3) is 11.5 Å². The molecule has 1 aliphatic rings. The van der Waals surface area contributed by atoms with Gasteiger partial charge in [0.2, 0.25) is 0 Å². The minimum absolute atomic E-state index is 0.152. The molecule has 2 amide bonds. The highest BCUT2D eigenvalue weighted by Crippen LogP contribution is 2.30. The van der Waals surface area contributed by atoms with Crippen LogP contribution in [0.15, 0.2) is 53.1 Å². The lowest BCUT2D eigenvalue weighted by Gasteiger charge is -2.35. The summed E-state index contributed by atoms with van der Waals surface area (Å²) in [4.78, 5) is 16.5. The SMILES string of the molecule is COc1ccc(NC(=O)N2CCN(c3ccc(-c4ccco4)nn3)CC2)cc1OC. The maximum absolute atomic E-state index is 12.6. The van der Waals surface area contributed by atoms with Crippen molar-refractivity contribution in [2.45, 2.75) is 0 Å². The van der Waals surface area contributed by atoms with Crippen molar-refractivity contribution in [1.29, 1.82) is 0 Å². The monoisotopic (exact) mass is 409 g/mol. The molecule has 0 aliphatic carbocycles. The van der Waals surface area contributed by atoms with Crippen LogP contribution < -0.4 is 19.7 Å². The predicted molar refractivity (Wildman–Crippen MR) is 112 cm³/mol. The Kier molecular flexibility index (Phi) is 5.69. The van der Waals surface area contributed by atoms with E-state index >= 15 is 0 Å². The average Bonchev–Trinajstić information content (AvgIpc) is 3.34. The lowest BCUT2D eigenvalue weighted by atomic mass is 10.2. The van der Waals surface area contributed by atoms with Gasteiger partial charge >= 0.3 is 6.03 Å². The minimum Gasteiger partial charge on any atom is -0.493 e. The summed E-state index contributed by atoms with van der Waals surface area (Å²) in [5.41, 5.74) is 1.34. The zero-order valence-electron chi connectivity index (χ0n) is 16.9. The van der Waals surface area contributed by atoms with Crippen LogP contribution in [0.3, 0.4) is 0 Å². The number of hydrogen-bond donors (Lipinski definition) is 1. The maximum atomic E-state index is 12.6. The first-order valence-electron chi connectivity index (χ1n) is 9.58. The van der Waals surface area contributed by atoms with E-state index in [1.807, 2.05) is 24.3 Å². The topological polar surface area (TPSA) is 93.0 Å². The van der Waals surface area contributed by atoms with Crippen LogP contribution in [0, 0.1) is 0 Å². The molecule has 0 unspecified atom stereocenters. The third-order valence-corrected chi connectivity index (χ3v) is 4.95. The Balaban J connectivity index is 1.33. The van der Waals surface area contributed by atoms with E-state index in [0.717, 1.165) is 5.82 Å². The summed E-state index contributed by atoms with van der Waals surface area (Å²) in [5, 5.41) is 11.4. The number of ether oxygens (including phenoxy) is 2. The van der Waals surface area contributed by atoms with Gasteiger partial charge in [-0.15, -0.1) is 10.2 Å². The molecule has 3 aromatic rings. The largest absolute Gasteiger partial charge is 0.493 e. The lowest BCUT2D eigenvalue weighted by molar-refractivity contribution is 0.208. The van der Waals surface area contributed by atoms with E-state index in [1.165, 1.54) is 0 Å². The molecule has 0 spiro atoms. The van der Waals surface area contributed by atoms with E-state index in [4.69, 9.17) is 13.9 Å². The molecule has 30 heavy (non-hydrogen) atoms. The van der Waals surface area contributed by atoms with Crippen LogP contribution in [0.5, 0.6) is 11.5 Å². The van der Waals surface area contributed by atoms with Crippen molar-refractivity contribution < 1.29 is 18.7 Å². The number of anilines is 2. The van der Waals surface area contributed by atoms with Gasteiger partial charge in [-0.25, -0.2) is 4.79 Å². The third kappa shape index (κ3) is 4.14. The van der Waals surface area contributed by atoms with E-state index in [9.17, 15) is 4.79 Å². The molecule has 1 aromatic carbocycles. The third-order valence-electron chi connectivity index (χ3n) is 4.95. The molecule has 0 saturated carbocycles. The molecular formula is C21H23N5O4. The van der Waals surface area contributed by atoms with Crippen LogP contribution >= 0.6 is 0 Å². The number of rotatable bonds is 5. The lowest BCUT2D eigenvalue weighted by Crippen LogP contribution is -2.50. The van der Waals surface area contributed by atoms with Crippen LogP contribution in [-0.2, 0) is 0 Å². The highest BCUT2D eigenvalue weighted by atomic mass is 16.5. The highest BCUT2D eigenvalue weighted by molar-refractivity contribution is 5.90.